The smallest absolute Gasteiger partial charge is 0.152 e. The average molecular weight is 271 g/mol. The van der Waals surface area contributed by atoms with Crippen molar-refractivity contribution < 1.29 is 17.6 Å². The van der Waals surface area contributed by atoms with Gasteiger partial charge in [0.05, 0.1) is 17.2 Å². The largest absolute Gasteiger partial charge is 0.368 e. The van der Waals surface area contributed by atoms with E-state index in [0.29, 0.717) is 19.3 Å². The highest BCUT2D eigenvalue weighted by atomic mass is 32.2. The van der Waals surface area contributed by atoms with Crippen LogP contribution in [-0.2, 0) is 9.84 Å². The molecule has 98 valence electrons. The van der Waals surface area contributed by atoms with Crippen molar-refractivity contribution in [3.8, 4) is 0 Å². The van der Waals surface area contributed by atoms with Crippen LogP contribution in [0.15, 0.2) is 18.2 Å². The van der Waals surface area contributed by atoms with Crippen LogP contribution in [0.3, 0.4) is 0 Å². The molecule has 0 aromatic heterocycles. The molecule has 1 aliphatic rings. The monoisotopic (exact) mass is 271 g/mol. The highest BCUT2D eigenvalue weighted by molar-refractivity contribution is 7.91. The first-order valence-corrected chi connectivity index (χ1v) is 7.55. The fourth-order valence-electron chi connectivity index (χ4n) is 2.12. The maximum atomic E-state index is 13.8. The molecule has 0 bridgehead atoms. The lowest BCUT2D eigenvalue weighted by Gasteiger charge is -2.23. The third-order valence-electron chi connectivity index (χ3n) is 3.02. The molecule has 0 atom stereocenters. The molecule has 1 aromatic rings. The highest BCUT2D eigenvalue weighted by Gasteiger charge is 2.22. The van der Waals surface area contributed by atoms with Gasteiger partial charge in [0.25, 0.3) is 0 Å². The Bertz CT molecular complexity index is 556. The van der Waals surface area contributed by atoms with Crippen molar-refractivity contribution in [3.05, 3.63) is 29.6 Å². The fourth-order valence-corrected chi connectivity index (χ4v) is 3.39. The van der Waals surface area contributed by atoms with E-state index < -0.39 is 15.7 Å². The molecular weight excluding hydrogens is 257 g/mol. The van der Waals surface area contributed by atoms with Crippen molar-refractivity contribution in [1.82, 2.24) is 0 Å². The Kier molecular flexibility index (Phi) is 3.65. The van der Waals surface area contributed by atoms with E-state index in [-0.39, 0.29) is 29.3 Å². The zero-order valence-corrected chi connectivity index (χ0v) is 10.6. The van der Waals surface area contributed by atoms with Crippen molar-refractivity contribution in [2.75, 3.05) is 29.5 Å². The SMILES string of the molecule is O=Cc1cccc(F)c1N1CCCS(=O)(=O)CC1. The summed E-state index contributed by atoms with van der Waals surface area (Å²) in [5.74, 6) is -0.368. The summed E-state index contributed by atoms with van der Waals surface area (Å²) in [7, 11) is -3.04. The number of rotatable bonds is 2. The predicted octanol–water partition coefficient (Wildman–Crippen LogP) is 1.26. The minimum Gasteiger partial charge on any atom is -0.368 e. The van der Waals surface area contributed by atoms with E-state index in [9.17, 15) is 17.6 Å². The van der Waals surface area contributed by atoms with Gasteiger partial charge in [0.1, 0.15) is 5.82 Å². The van der Waals surface area contributed by atoms with Crippen molar-refractivity contribution in [2.45, 2.75) is 6.42 Å². The third-order valence-corrected chi connectivity index (χ3v) is 4.73. The number of hydrogen-bond acceptors (Lipinski definition) is 4. The second-order valence-electron chi connectivity index (χ2n) is 4.29. The van der Waals surface area contributed by atoms with E-state index in [4.69, 9.17) is 0 Å². The summed E-state index contributed by atoms with van der Waals surface area (Å²) in [6.07, 6.45) is 1.05. The molecule has 2 rings (SSSR count). The van der Waals surface area contributed by atoms with Crippen LogP contribution in [0.2, 0.25) is 0 Å². The van der Waals surface area contributed by atoms with Gasteiger partial charge in [-0.25, -0.2) is 12.8 Å². The molecule has 6 heteroatoms. The molecule has 1 fully saturated rings. The van der Waals surface area contributed by atoms with Crippen molar-refractivity contribution in [3.63, 3.8) is 0 Å². The molecule has 0 amide bonds. The minimum absolute atomic E-state index is 0.000366. The molecule has 18 heavy (non-hydrogen) atoms. The molecule has 0 unspecified atom stereocenters. The molecule has 0 radical (unpaired) electrons. The van der Waals surface area contributed by atoms with Crippen LogP contribution >= 0.6 is 0 Å². The summed E-state index contributed by atoms with van der Waals surface area (Å²) >= 11 is 0. The quantitative estimate of drug-likeness (QED) is 0.760. The first-order chi connectivity index (χ1) is 8.53. The van der Waals surface area contributed by atoms with Gasteiger partial charge in [-0.05, 0) is 18.6 Å². The van der Waals surface area contributed by atoms with E-state index in [1.165, 1.54) is 18.2 Å². The summed E-state index contributed by atoms with van der Waals surface area (Å²) in [5, 5.41) is 0. The number of aldehydes is 1. The second-order valence-corrected chi connectivity index (χ2v) is 6.59. The Morgan fingerprint density at radius 3 is 2.72 bits per heavy atom. The highest BCUT2D eigenvalue weighted by Crippen LogP contribution is 2.24. The Morgan fingerprint density at radius 2 is 2.00 bits per heavy atom. The normalized spacial score (nSPS) is 19.3. The Morgan fingerprint density at radius 1 is 1.22 bits per heavy atom. The second kappa shape index (κ2) is 5.06. The van der Waals surface area contributed by atoms with Gasteiger partial charge in [0, 0.05) is 18.7 Å². The molecule has 0 spiro atoms. The van der Waals surface area contributed by atoms with E-state index in [0.717, 1.165) is 0 Å². The lowest BCUT2D eigenvalue weighted by molar-refractivity contribution is 0.112. The molecule has 1 aromatic carbocycles. The van der Waals surface area contributed by atoms with Gasteiger partial charge in [0.2, 0.25) is 0 Å². The first kappa shape index (κ1) is 13.0. The maximum absolute atomic E-state index is 13.8. The van der Waals surface area contributed by atoms with Crippen LogP contribution in [0, 0.1) is 5.82 Å². The summed E-state index contributed by atoms with van der Waals surface area (Å²) in [6.45, 7) is 0.672. The zero-order valence-electron chi connectivity index (χ0n) is 9.80. The molecule has 0 aliphatic carbocycles. The number of hydrogen-bond donors (Lipinski definition) is 0. The van der Waals surface area contributed by atoms with Gasteiger partial charge >= 0.3 is 0 Å². The van der Waals surface area contributed by atoms with Crippen LogP contribution < -0.4 is 4.90 Å². The van der Waals surface area contributed by atoms with Gasteiger partial charge < -0.3 is 4.90 Å². The summed E-state index contributed by atoms with van der Waals surface area (Å²) in [5.41, 5.74) is 0.471. The number of carbonyl (C=O) groups is 1. The zero-order chi connectivity index (χ0) is 13.2. The van der Waals surface area contributed by atoms with Crippen molar-refractivity contribution >= 4 is 21.8 Å². The topological polar surface area (TPSA) is 54.5 Å². The molecule has 4 nitrogen and oxygen atoms in total. The van der Waals surface area contributed by atoms with Crippen LogP contribution in [0.5, 0.6) is 0 Å². The lowest BCUT2D eigenvalue weighted by atomic mass is 10.1. The molecule has 1 heterocycles. The average Bonchev–Trinajstić information content (AvgIpc) is 2.50. The Balaban J connectivity index is 2.34. The Labute approximate surface area is 105 Å². The molecular formula is C12H14FNO3S. The Hall–Kier alpha value is -1.43. The summed E-state index contributed by atoms with van der Waals surface area (Å²) < 4.78 is 36.8. The molecule has 1 aliphatic heterocycles. The van der Waals surface area contributed by atoms with Crippen LogP contribution in [0.4, 0.5) is 10.1 Å². The lowest BCUT2D eigenvalue weighted by Crippen LogP contribution is -2.28. The number of para-hydroxylation sites is 1. The van der Waals surface area contributed by atoms with E-state index in [1.807, 2.05) is 0 Å². The first-order valence-electron chi connectivity index (χ1n) is 5.72. The molecule has 1 saturated heterocycles. The number of anilines is 1. The number of nitrogens with zero attached hydrogens (tertiary/aromatic N) is 1. The molecule has 0 N–H and O–H groups in total. The standard InChI is InChI=1S/C12H14FNO3S/c13-11-4-1-3-10(9-15)12(11)14-5-2-7-18(16,17)8-6-14/h1,3-4,9H,2,5-8H2. The summed E-state index contributed by atoms with van der Waals surface area (Å²) in [6, 6.07) is 4.28. The number of benzene rings is 1. The van der Waals surface area contributed by atoms with Gasteiger partial charge in [-0.3, -0.25) is 4.79 Å². The van der Waals surface area contributed by atoms with E-state index in [1.54, 1.807) is 4.90 Å². The number of carbonyl (C=O) groups excluding carboxylic acids is 1. The number of halogens is 1. The van der Waals surface area contributed by atoms with Crippen LogP contribution in [0.25, 0.3) is 0 Å². The van der Waals surface area contributed by atoms with Gasteiger partial charge in [-0.2, -0.15) is 0 Å². The van der Waals surface area contributed by atoms with Crippen LogP contribution in [0.1, 0.15) is 16.8 Å². The number of sulfone groups is 1. The van der Waals surface area contributed by atoms with Crippen LogP contribution in [-0.4, -0.2) is 39.3 Å². The minimum atomic E-state index is -3.04. The fraction of sp³-hybridized carbons (Fsp3) is 0.417. The van der Waals surface area contributed by atoms with Crippen molar-refractivity contribution in [1.29, 1.82) is 0 Å². The third kappa shape index (κ3) is 2.69. The van der Waals surface area contributed by atoms with Crippen molar-refractivity contribution in [2.24, 2.45) is 0 Å². The van der Waals surface area contributed by atoms with Gasteiger partial charge in [-0.1, -0.05) is 6.07 Å². The molecule has 0 saturated carbocycles. The predicted molar refractivity (Wildman–Crippen MR) is 67.3 cm³/mol. The van der Waals surface area contributed by atoms with E-state index >= 15 is 0 Å². The van der Waals surface area contributed by atoms with E-state index in [2.05, 4.69) is 0 Å². The van der Waals surface area contributed by atoms with Gasteiger partial charge in [-0.15, -0.1) is 0 Å². The summed E-state index contributed by atoms with van der Waals surface area (Å²) in [4.78, 5) is 12.6. The van der Waals surface area contributed by atoms with Gasteiger partial charge in [0.15, 0.2) is 16.1 Å². The maximum Gasteiger partial charge on any atom is 0.152 e.